The highest BCUT2D eigenvalue weighted by Gasteiger charge is 2.05. The third-order valence-corrected chi connectivity index (χ3v) is 2.84. The van der Waals surface area contributed by atoms with Gasteiger partial charge < -0.3 is 10.6 Å². The molecule has 0 fully saturated rings. The normalized spacial score (nSPS) is 10.3. The van der Waals surface area contributed by atoms with Crippen LogP contribution in [0.25, 0.3) is 0 Å². The fourth-order valence-corrected chi connectivity index (χ4v) is 2.05. The molecule has 0 saturated carbocycles. The van der Waals surface area contributed by atoms with Gasteiger partial charge in [-0.1, -0.05) is 11.8 Å². The topological polar surface area (TPSA) is 66.9 Å². The quantitative estimate of drug-likeness (QED) is 0.440. The van der Waals surface area contributed by atoms with Crippen molar-refractivity contribution < 1.29 is 4.79 Å². The van der Waals surface area contributed by atoms with Crippen LogP contribution < -0.4 is 10.6 Å². The molecule has 0 aliphatic rings. The number of thioether (sulfide) groups is 1. The van der Waals surface area contributed by atoms with Crippen LogP contribution in [0.5, 0.6) is 0 Å². The summed E-state index contributed by atoms with van der Waals surface area (Å²) in [6.07, 6.45) is 0. The Bertz CT molecular complexity index is 363. The van der Waals surface area contributed by atoms with Crippen LogP contribution in [-0.2, 0) is 4.79 Å². The first kappa shape index (κ1) is 13.9. The molecule has 1 rings (SSSR count). The Morgan fingerprint density at radius 3 is 2.53 bits per heavy atom. The fourth-order valence-electron chi connectivity index (χ4n) is 1.27. The average molecular weight is 254 g/mol. The van der Waals surface area contributed by atoms with E-state index in [1.165, 1.54) is 11.8 Å². The lowest BCUT2D eigenvalue weighted by molar-refractivity contribution is -0.118. The first-order valence-corrected chi connectivity index (χ1v) is 6.46. The van der Waals surface area contributed by atoms with Crippen LogP contribution in [0.2, 0.25) is 0 Å². The second kappa shape index (κ2) is 7.24. The summed E-state index contributed by atoms with van der Waals surface area (Å²) in [5.74, 6) is 0.361. The van der Waals surface area contributed by atoms with Crippen LogP contribution in [0.3, 0.4) is 0 Å². The first-order chi connectivity index (χ1) is 8.11. The van der Waals surface area contributed by atoms with Crippen molar-refractivity contribution in [3.63, 3.8) is 0 Å². The van der Waals surface area contributed by atoms with Crippen molar-refractivity contribution in [3.8, 4) is 0 Å². The van der Waals surface area contributed by atoms with Crippen LogP contribution >= 0.6 is 11.8 Å². The van der Waals surface area contributed by atoms with Crippen LogP contribution in [0.1, 0.15) is 11.4 Å². The second-order valence-corrected chi connectivity index (χ2v) is 4.62. The van der Waals surface area contributed by atoms with Crippen LogP contribution in [0, 0.1) is 13.8 Å². The highest BCUT2D eigenvalue weighted by Crippen LogP contribution is 2.13. The number of aryl methyl sites for hydroxylation is 2. The average Bonchev–Trinajstić information content (AvgIpc) is 2.25. The Morgan fingerprint density at radius 1 is 1.29 bits per heavy atom. The molecule has 0 aliphatic carbocycles. The summed E-state index contributed by atoms with van der Waals surface area (Å²) in [6.45, 7) is 5.26. The predicted molar refractivity (Wildman–Crippen MR) is 69.2 cm³/mol. The monoisotopic (exact) mass is 254 g/mol. The summed E-state index contributed by atoms with van der Waals surface area (Å²) in [6, 6.07) is 1.91. The zero-order valence-corrected chi connectivity index (χ0v) is 11.2. The molecule has 0 aliphatic heterocycles. The molecule has 2 N–H and O–H groups in total. The maximum Gasteiger partial charge on any atom is 0.230 e. The molecule has 0 atom stereocenters. The third-order valence-electron chi connectivity index (χ3n) is 1.99. The van der Waals surface area contributed by atoms with E-state index in [4.69, 9.17) is 0 Å². The molecule has 94 valence electrons. The molecule has 1 aromatic rings. The number of carbonyl (C=O) groups excluding carboxylic acids is 1. The standard InChI is InChI=1S/C11H18N4OS/c1-8-6-9(2)15-11(14-8)17-7-10(16)13-5-4-12-3/h6,12H,4-5,7H2,1-3H3,(H,13,16). The molecule has 17 heavy (non-hydrogen) atoms. The molecule has 1 amide bonds. The third kappa shape index (κ3) is 5.65. The maximum absolute atomic E-state index is 11.4. The van der Waals surface area contributed by atoms with Crippen molar-refractivity contribution in [3.05, 3.63) is 17.5 Å². The van der Waals surface area contributed by atoms with Crippen molar-refractivity contribution in [2.24, 2.45) is 0 Å². The number of aromatic nitrogens is 2. The van der Waals surface area contributed by atoms with E-state index in [1.54, 1.807) is 0 Å². The van der Waals surface area contributed by atoms with Crippen molar-refractivity contribution >= 4 is 17.7 Å². The van der Waals surface area contributed by atoms with Crippen molar-refractivity contribution in [1.82, 2.24) is 20.6 Å². The highest BCUT2D eigenvalue weighted by atomic mass is 32.2. The van der Waals surface area contributed by atoms with Gasteiger partial charge in [-0.15, -0.1) is 0 Å². The van der Waals surface area contributed by atoms with Crippen LogP contribution in [-0.4, -0.2) is 41.8 Å². The Balaban J connectivity index is 2.36. The summed E-state index contributed by atoms with van der Waals surface area (Å²) in [4.78, 5) is 20.0. The Hall–Kier alpha value is -1.14. The Labute approximate surface area is 106 Å². The van der Waals surface area contributed by atoms with Gasteiger partial charge in [0.1, 0.15) is 0 Å². The van der Waals surface area contributed by atoms with E-state index in [1.807, 2.05) is 27.0 Å². The largest absolute Gasteiger partial charge is 0.354 e. The van der Waals surface area contributed by atoms with E-state index in [2.05, 4.69) is 20.6 Å². The Morgan fingerprint density at radius 2 is 1.94 bits per heavy atom. The van der Waals surface area contributed by atoms with Gasteiger partial charge >= 0.3 is 0 Å². The smallest absolute Gasteiger partial charge is 0.230 e. The van der Waals surface area contributed by atoms with Gasteiger partial charge in [-0.25, -0.2) is 9.97 Å². The predicted octanol–water partition coefficient (Wildman–Crippen LogP) is 0.521. The minimum atomic E-state index is 0.00742. The summed E-state index contributed by atoms with van der Waals surface area (Å²) in [5, 5.41) is 6.43. The molecule has 5 nitrogen and oxygen atoms in total. The van der Waals surface area contributed by atoms with E-state index < -0.39 is 0 Å². The molecular weight excluding hydrogens is 236 g/mol. The lowest BCUT2D eigenvalue weighted by atomic mass is 10.4. The van der Waals surface area contributed by atoms with Gasteiger partial charge in [0.25, 0.3) is 0 Å². The van der Waals surface area contributed by atoms with E-state index >= 15 is 0 Å². The number of amides is 1. The SMILES string of the molecule is CNCCNC(=O)CSc1nc(C)cc(C)n1. The molecule has 0 radical (unpaired) electrons. The van der Waals surface area contributed by atoms with Crippen LogP contribution in [0.15, 0.2) is 11.2 Å². The van der Waals surface area contributed by atoms with Gasteiger partial charge in [-0.05, 0) is 27.0 Å². The van der Waals surface area contributed by atoms with Crippen LogP contribution in [0.4, 0.5) is 0 Å². The molecule has 0 unspecified atom stereocenters. The second-order valence-electron chi connectivity index (χ2n) is 3.68. The Kier molecular flexibility index (Phi) is 5.93. The number of nitrogens with zero attached hydrogens (tertiary/aromatic N) is 2. The zero-order chi connectivity index (χ0) is 12.7. The van der Waals surface area contributed by atoms with Gasteiger partial charge in [0, 0.05) is 24.5 Å². The molecule has 1 aromatic heterocycles. The lowest BCUT2D eigenvalue weighted by Gasteiger charge is -2.04. The maximum atomic E-state index is 11.4. The molecular formula is C11H18N4OS. The van der Waals surface area contributed by atoms with Gasteiger partial charge in [0.15, 0.2) is 5.16 Å². The van der Waals surface area contributed by atoms with Crippen molar-refractivity contribution in [2.45, 2.75) is 19.0 Å². The minimum Gasteiger partial charge on any atom is -0.354 e. The van der Waals surface area contributed by atoms with E-state index in [9.17, 15) is 4.79 Å². The summed E-state index contributed by atoms with van der Waals surface area (Å²) in [5.41, 5.74) is 1.85. The molecule has 0 aromatic carbocycles. The van der Waals surface area contributed by atoms with Crippen molar-refractivity contribution in [2.75, 3.05) is 25.9 Å². The molecule has 6 heteroatoms. The molecule has 1 heterocycles. The summed E-state index contributed by atoms with van der Waals surface area (Å²) >= 11 is 1.36. The fraction of sp³-hybridized carbons (Fsp3) is 0.545. The van der Waals surface area contributed by atoms with Gasteiger partial charge in [0.2, 0.25) is 5.91 Å². The van der Waals surface area contributed by atoms with E-state index in [-0.39, 0.29) is 5.91 Å². The van der Waals surface area contributed by atoms with E-state index in [0.717, 1.165) is 17.9 Å². The number of likely N-dealkylation sites (N-methyl/N-ethyl adjacent to an activating group) is 1. The van der Waals surface area contributed by atoms with Gasteiger partial charge in [-0.3, -0.25) is 4.79 Å². The highest BCUT2D eigenvalue weighted by molar-refractivity contribution is 7.99. The number of rotatable bonds is 6. The number of carbonyl (C=O) groups is 1. The zero-order valence-electron chi connectivity index (χ0n) is 10.4. The minimum absolute atomic E-state index is 0.00742. The summed E-state index contributed by atoms with van der Waals surface area (Å²) in [7, 11) is 1.85. The van der Waals surface area contributed by atoms with E-state index in [0.29, 0.717) is 17.5 Å². The van der Waals surface area contributed by atoms with Gasteiger partial charge in [-0.2, -0.15) is 0 Å². The van der Waals surface area contributed by atoms with Crippen molar-refractivity contribution in [1.29, 1.82) is 0 Å². The molecule has 0 bridgehead atoms. The number of nitrogens with one attached hydrogen (secondary N) is 2. The number of hydrogen-bond donors (Lipinski definition) is 2. The first-order valence-electron chi connectivity index (χ1n) is 5.48. The molecule has 0 saturated heterocycles. The number of hydrogen-bond acceptors (Lipinski definition) is 5. The molecule has 0 spiro atoms. The van der Waals surface area contributed by atoms with Gasteiger partial charge in [0.05, 0.1) is 5.75 Å². The summed E-state index contributed by atoms with van der Waals surface area (Å²) < 4.78 is 0. The lowest BCUT2D eigenvalue weighted by Crippen LogP contribution is -2.31.